The quantitative estimate of drug-likeness (QED) is 0.723. The second kappa shape index (κ2) is 9.02. The zero-order valence-corrected chi connectivity index (χ0v) is 16.9. The molecule has 148 valence electrons. The van der Waals surface area contributed by atoms with Crippen LogP contribution in [0.25, 0.3) is 0 Å². The fraction of sp³-hybridized carbons (Fsp3) is 0.391. The lowest BCUT2D eigenvalue weighted by Gasteiger charge is -2.34. The first-order valence-corrected chi connectivity index (χ1v) is 9.72. The van der Waals surface area contributed by atoms with Crippen LogP contribution in [0.5, 0.6) is 5.75 Å². The molecule has 0 unspecified atom stereocenters. The molecule has 0 bridgehead atoms. The summed E-state index contributed by atoms with van der Waals surface area (Å²) in [6.07, 6.45) is 0. The predicted molar refractivity (Wildman–Crippen MR) is 110 cm³/mol. The lowest BCUT2D eigenvalue weighted by atomic mass is 10.0. The number of Topliss-reactive ketones (excluding diaryl/α,β-unsaturated/α-hetero) is 1. The molecule has 0 aromatic heterocycles. The molecule has 0 saturated carbocycles. The Labute approximate surface area is 166 Å². The summed E-state index contributed by atoms with van der Waals surface area (Å²) in [4.78, 5) is 28.8. The number of carbonyl (C=O) groups excluding carboxylic acids is 2. The van der Waals surface area contributed by atoms with Crippen molar-refractivity contribution < 1.29 is 14.3 Å². The van der Waals surface area contributed by atoms with Crippen LogP contribution in [0.4, 0.5) is 0 Å². The van der Waals surface area contributed by atoms with E-state index in [2.05, 4.69) is 4.90 Å². The number of piperazine rings is 1. The summed E-state index contributed by atoms with van der Waals surface area (Å²) in [6.45, 7) is 9.16. The first kappa shape index (κ1) is 20.1. The van der Waals surface area contributed by atoms with Gasteiger partial charge in [-0.3, -0.25) is 14.5 Å². The van der Waals surface area contributed by atoms with Gasteiger partial charge in [0.1, 0.15) is 5.75 Å². The minimum atomic E-state index is -0.0132. The molecule has 0 radical (unpaired) electrons. The van der Waals surface area contributed by atoms with Crippen molar-refractivity contribution in [1.29, 1.82) is 0 Å². The zero-order valence-electron chi connectivity index (χ0n) is 16.9. The van der Waals surface area contributed by atoms with Gasteiger partial charge in [-0.25, -0.2) is 0 Å². The van der Waals surface area contributed by atoms with E-state index in [1.165, 1.54) is 5.56 Å². The van der Waals surface area contributed by atoms with Gasteiger partial charge in [-0.2, -0.15) is 0 Å². The number of carbonyl (C=O) groups is 2. The number of rotatable bonds is 6. The minimum absolute atomic E-state index is 0.0132. The highest BCUT2D eigenvalue weighted by Gasteiger charge is 2.23. The smallest absolute Gasteiger partial charge is 0.260 e. The highest BCUT2D eigenvalue weighted by molar-refractivity contribution is 5.97. The molecule has 1 heterocycles. The minimum Gasteiger partial charge on any atom is -0.484 e. The van der Waals surface area contributed by atoms with Crippen LogP contribution in [0.15, 0.2) is 42.5 Å². The molecule has 0 aliphatic carbocycles. The number of amides is 1. The van der Waals surface area contributed by atoms with E-state index in [1.54, 1.807) is 0 Å². The van der Waals surface area contributed by atoms with Crippen molar-refractivity contribution in [3.05, 3.63) is 64.7 Å². The molecule has 0 N–H and O–H groups in total. The zero-order chi connectivity index (χ0) is 20.1. The van der Waals surface area contributed by atoms with Gasteiger partial charge in [0.25, 0.3) is 5.91 Å². The number of ether oxygens (including phenoxy) is 1. The molecule has 1 aliphatic rings. The first-order valence-electron chi connectivity index (χ1n) is 9.72. The predicted octanol–water partition coefficient (Wildman–Crippen LogP) is 3.02. The van der Waals surface area contributed by atoms with Crippen molar-refractivity contribution in [2.24, 2.45) is 0 Å². The number of hydrogen-bond acceptors (Lipinski definition) is 4. The molecule has 2 aromatic carbocycles. The summed E-state index contributed by atoms with van der Waals surface area (Å²) in [5, 5.41) is 0. The maximum Gasteiger partial charge on any atom is 0.260 e. The Morgan fingerprint density at radius 2 is 1.57 bits per heavy atom. The third-order valence-corrected chi connectivity index (χ3v) is 5.30. The number of nitrogens with zero attached hydrogens (tertiary/aromatic N) is 2. The van der Waals surface area contributed by atoms with Crippen molar-refractivity contribution in [3.63, 3.8) is 0 Å². The summed E-state index contributed by atoms with van der Waals surface area (Å²) in [7, 11) is 0. The maximum absolute atomic E-state index is 12.5. The number of ketones is 1. The fourth-order valence-electron chi connectivity index (χ4n) is 3.24. The topological polar surface area (TPSA) is 49.9 Å². The molecular weight excluding hydrogens is 352 g/mol. The van der Waals surface area contributed by atoms with E-state index >= 15 is 0 Å². The van der Waals surface area contributed by atoms with Crippen molar-refractivity contribution in [1.82, 2.24) is 9.80 Å². The molecule has 1 amide bonds. The van der Waals surface area contributed by atoms with Crippen LogP contribution < -0.4 is 4.74 Å². The van der Waals surface area contributed by atoms with Gasteiger partial charge < -0.3 is 9.64 Å². The number of hydrogen-bond donors (Lipinski definition) is 0. The Morgan fingerprint density at radius 1 is 0.893 bits per heavy atom. The highest BCUT2D eigenvalue weighted by atomic mass is 16.5. The Kier molecular flexibility index (Phi) is 6.47. The third kappa shape index (κ3) is 5.20. The van der Waals surface area contributed by atoms with Crippen LogP contribution in [0.3, 0.4) is 0 Å². The first-order chi connectivity index (χ1) is 13.4. The number of aryl methyl sites for hydroxylation is 3. The summed E-state index contributed by atoms with van der Waals surface area (Å²) in [5.41, 5.74) is 4.24. The Hall–Kier alpha value is -2.66. The molecule has 1 aliphatic heterocycles. The number of benzene rings is 2. The van der Waals surface area contributed by atoms with Gasteiger partial charge in [0.05, 0.1) is 6.54 Å². The summed E-state index contributed by atoms with van der Waals surface area (Å²) >= 11 is 0. The molecule has 5 nitrogen and oxygen atoms in total. The van der Waals surface area contributed by atoms with E-state index in [-0.39, 0.29) is 18.3 Å². The molecular formula is C23H28N2O3. The van der Waals surface area contributed by atoms with E-state index < -0.39 is 0 Å². The van der Waals surface area contributed by atoms with Crippen LogP contribution in [0, 0.1) is 20.8 Å². The largest absolute Gasteiger partial charge is 0.484 e. The lowest BCUT2D eigenvalue weighted by Crippen LogP contribution is -2.51. The molecule has 0 spiro atoms. The molecule has 1 saturated heterocycles. The van der Waals surface area contributed by atoms with E-state index in [4.69, 9.17) is 4.74 Å². The van der Waals surface area contributed by atoms with E-state index in [1.807, 2.05) is 68.1 Å². The standard InChI is InChI=1S/C23H28N2O3/c1-17-4-8-21(9-5-17)28-16-23(27)25-12-10-24(11-13-25)15-22(26)20-7-6-18(2)19(3)14-20/h4-9,14H,10-13,15-16H2,1-3H3. The van der Waals surface area contributed by atoms with E-state index in [0.717, 1.165) is 16.7 Å². The summed E-state index contributed by atoms with van der Waals surface area (Å²) < 4.78 is 5.59. The second-order valence-corrected chi connectivity index (χ2v) is 7.48. The Balaban J connectivity index is 1.44. The van der Waals surface area contributed by atoms with Gasteiger partial charge in [-0.15, -0.1) is 0 Å². The highest BCUT2D eigenvalue weighted by Crippen LogP contribution is 2.13. The van der Waals surface area contributed by atoms with Gasteiger partial charge >= 0.3 is 0 Å². The Morgan fingerprint density at radius 3 is 2.21 bits per heavy atom. The van der Waals surface area contributed by atoms with Gasteiger partial charge in [0.15, 0.2) is 12.4 Å². The summed E-state index contributed by atoms with van der Waals surface area (Å²) in [6, 6.07) is 13.5. The van der Waals surface area contributed by atoms with Crippen LogP contribution in [0.1, 0.15) is 27.0 Å². The molecule has 0 atom stereocenters. The summed E-state index contributed by atoms with van der Waals surface area (Å²) in [5.74, 6) is 0.822. The third-order valence-electron chi connectivity index (χ3n) is 5.30. The average molecular weight is 380 g/mol. The van der Waals surface area contributed by atoms with Gasteiger partial charge in [0.2, 0.25) is 0 Å². The molecule has 28 heavy (non-hydrogen) atoms. The SMILES string of the molecule is Cc1ccc(OCC(=O)N2CCN(CC(=O)c3ccc(C)c(C)c3)CC2)cc1. The second-order valence-electron chi connectivity index (χ2n) is 7.48. The maximum atomic E-state index is 12.5. The van der Waals surface area contributed by atoms with Gasteiger partial charge in [-0.1, -0.05) is 29.8 Å². The van der Waals surface area contributed by atoms with Crippen LogP contribution >= 0.6 is 0 Å². The monoisotopic (exact) mass is 380 g/mol. The van der Waals surface area contributed by atoms with E-state index in [0.29, 0.717) is 38.5 Å². The van der Waals surface area contributed by atoms with Crippen molar-refractivity contribution >= 4 is 11.7 Å². The molecule has 1 fully saturated rings. The van der Waals surface area contributed by atoms with Gasteiger partial charge in [-0.05, 0) is 50.1 Å². The van der Waals surface area contributed by atoms with Crippen molar-refractivity contribution in [3.8, 4) is 5.75 Å². The van der Waals surface area contributed by atoms with Crippen molar-refractivity contribution in [2.75, 3.05) is 39.3 Å². The molecule has 3 rings (SSSR count). The average Bonchev–Trinajstić information content (AvgIpc) is 2.70. The lowest BCUT2D eigenvalue weighted by molar-refractivity contribution is -0.135. The normalized spacial score (nSPS) is 14.8. The van der Waals surface area contributed by atoms with E-state index in [9.17, 15) is 9.59 Å². The van der Waals surface area contributed by atoms with Crippen LogP contribution in [0.2, 0.25) is 0 Å². The fourth-order valence-corrected chi connectivity index (χ4v) is 3.24. The van der Waals surface area contributed by atoms with Crippen LogP contribution in [-0.2, 0) is 4.79 Å². The molecule has 2 aromatic rings. The van der Waals surface area contributed by atoms with Crippen molar-refractivity contribution in [2.45, 2.75) is 20.8 Å². The van der Waals surface area contributed by atoms with Crippen LogP contribution in [-0.4, -0.2) is 60.8 Å². The molecule has 5 heteroatoms. The Bertz CT molecular complexity index is 837. The van der Waals surface area contributed by atoms with Gasteiger partial charge in [0, 0.05) is 31.7 Å².